The molecule has 0 nitrogen and oxygen atoms in total. The van der Waals surface area contributed by atoms with Crippen molar-refractivity contribution in [3.05, 3.63) is 56.7 Å². The summed E-state index contributed by atoms with van der Waals surface area (Å²) in [4.78, 5) is 0. The van der Waals surface area contributed by atoms with Gasteiger partial charge in [-0.15, -0.1) is 0 Å². The highest BCUT2D eigenvalue weighted by molar-refractivity contribution is 5.72. The van der Waals surface area contributed by atoms with Crippen LogP contribution in [0.4, 0.5) is 0 Å². The molecule has 0 aromatic rings. The molecule has 4 rings (SSSR count). The average Bonchev–Trinajstić information content (AvgIpc) is 3.06. The molecule has 0 amide bonds. The maximum Gasteiger partial charge on any atom is 0.0117 e. The van der Waals surface area contributed by atoms with Gasteiger partial charge >= 0.3 is 0 Å². The Balaban J connectivity index is 1.65. The molecule has 0 bridgehead atoms. The second kappa shape index (κ2) is 4.37. The quantitative estimate of drug-likeness (QED) is 0.561. The fraction of sp³-hybridized carbons (Fsp3) is 0.545. The van der Waals surface area contributed by atoms with Crippen LogP contribution in [0.1, 0.15) is 60.8 Å². The van der Waals surface area contributed by atoms with E-state index in [-0.39, 0.29) is 5.41 Å². The number of rotatable bonds is 2. The Morgan fingerprint density at radius 1 is 0.773 bits per heavy atom. The van der Waals surface area contributed by atoms with Crippen LogP contribution in [0, 0.1) is 17.3 Å². The summed E-state index contributed by atoms with van der Waals surface area (Å²) in [6.45, 7) is 14.2. The highest BCUT2D eigenvalue weighted by Crippen LogP contribution is 2.60. The van der Waals surface area contributed by atoms with Gasteiger partial charge in [0.05, 0.1) is 0 Å². The van der Waals surface area contributed by atoms with Crippen molar-refractivity contribution >= 4 is 0 Å². The first-order valence-electron chi connectivity index (χ1n) is 8.91. The van der Waals surface area contributed by atoms with Crippen LogP contribution in [0.15, 0.2) is 56.7 Å². The van der Waals surface area contributed by atoms with Gasteiger partial charge in [0.15, 0.2) is 0 Å². The van der Waals surface area contributed by atoms with Gasteiger partial charge in [-0.1, -0.05) is 64.8 Å². The van der Waals surface area contributed by atoms with E-state index in [1.165, 1.54) is 19.3 Å². The summed E-state index contributed by atoms with van der Waals surface area (Å²) in [7, 11) is 0. The lowest BCUT2D eigenvalue weighted by Gasteiger charge is -2.30. The molecule has 0 atom stereocenters. The minimum Gasteiger partial charge on any atom is -0.0630 e. The highest BCUT2D eigenvalue weighted by Gasteiger charge is 2.44. The SMILES string of the molecule is CC(C)C1=CC2=C(C1)C1=C(C2)C2=C(C=C(C(C)C)C2(C)C)C1. The standard InChI is InChI=1S/C22H28/c1-12(2)14-7-15-9-19-18(17(15)8-14)10-16-11-20(13(3)4)22(5,6)21(16)19/h7,11-13H,8-10H2,1-6H3. The van der Waals surface area contributed by atoms with Gasteiger partial charge in [0.25, 0.3) is 0 Å². The summed E-state index contributed by atoms with van der Waals surface area (Å²) in [6, 6.07) is 0. The third kappa shape index (κ3) is 1.70. The van der Waals surface area contributed by atoms with Gasteiger partial charge in [-0.3, -0.25) is 0 Å². The summed E-state index contributed by atoms with van der Waals surface area (Å²) in [6.07, 6.45) is 8.65. The van der Waals surface area contributed by atoms with E-state index in [9.17, 15) is 0 Å². The van der Waals surface area contributed by atoms with Gasteiger partial charge in [0, 0.05) is 5.41 Å². The summed E-state index contributed by atoms with van der Waals surface area (Å²) >= 11 is 0. The molecule has 0 saturated carbocycles. The molecule has 4 aliphatic rings. The van der Waals surface area contributed by atoms with Crippen molar-refractivity contribution in [2.24, 2.45) is 17.3 Å². The number of allylic oxidation sites excluding steroid dienone is 10. The minimum atomic E-state index is 0.241. The van der Waals surface area contributed by atoms with E-state index < -0.39 is 0 Å². The first-order valence-corrected chi connectivity index (χ1v) is 8.91. The zero-order chi connectivity index (χ0) is 15.8. The molecular weight excluding hydrogens is 264 g/mol. The van der Waals surface area contributed by atoms with Crippen molar-refractivity contribution in [3.63, 3.8) is 0 Å². The minimum absolute atomic E-state index is 0.241. The van der Waals surface area contributed by atoms with Gasteiger partial charge in [0.1, 0.15) is 0 Å². The summed E-state index contributed by atoms with van der Waals surface area (Å²) in [5, 5.41) is 0. The number of hydrogen-bond acceptors (Lipinski definition) is 0. The molecule has 4 aliphatic carbocycles. The fourth-order valence-corrected chi connectivity index (χ4v) is 5.22. The zero-order valence-electron chi connectivity index (χ0n) is 14.9. The molecule has 0 aromatic carbocycles. The molecular formula is C22H28. The van der Waals surface area contributed by atoms with Crippen LogP contribution in [0.2, 0.25) is 0 Å². The van der Waals surface area contributed by atoms with Crippen LogP contribution in [0.3, 0.4) is 0 Å². The van der Waals surface area contributed by atoms with E-state index in [1.54, 1.807) is 44.6 Å². The van der Waals surface area contributed by atoms with E-state index in [2.05, 4.69) is 53.7 Å². The monoisotopic (exact) mass is 292 g/mol. The van der Waals surface area contributed by atoms with E-state index in [0.717, 1.165) is 0 Å². The first kappa shape index (κ1) is 14.3. The fourth-order valence-electron chi connectivity index (χ4n) is 5.22. The Bertz CT molecular complexity index is 724. The Morgan fingerprint density at radius 3 is 2.09 bits per heavy atom. The highest BCUT2D eigenvalue weighted by atomic mass is 14.5. The first-order chi connectivity index (χ1) is 10.3. The van der Waals surface area contributed by atoms with Crippen molar-refractivity contribution in [2.45, 2.75) is 60.8 Å². The summed E-state index contributed by atoms with van der Waals surface area (Å²) in [5.74, 6) is 1.35. The van der Waals surface area contributed by atoms with Crippen LogP contribution < -0.4 is 0 Å². The Labute approximate surface area is 135 Å². The lowest BCUT2D eigenvalue weighted by atomic mass is 9.73. The van der Waals surface area contributed by atoms with Crippen molar-refractivity contribution in [2.75, 3.05) is 0 Å². The zero-order valence-corrected chi connectivity index (χ0v) is 14.9. The molecule has 116 valence electrons. The topological polar surface area (TPSA) is 0 Å². The molecule has 0 heterocycles. The van der Waals surface area contributed by atoms with E-state index in [0.29, 0.717) is 11.8 Å². The summed E-state index contributed by atoms with van der Waals surface area (Å²) < 4.78 is 0. The second-order valence-corrected chi connectivity index (χ2v) is 8.64. The van der Waals surface area contributed by atoms with Crippen molar-refractivity contribution in [1.82, 2.24) is 0 Å². The van der Waals surface area contributed by atoms with Crippen LogP contribution in [0.25, 0.3) is 0 Å². The van der Waals surface area contributed by atoms with E-state index in [4.69, 9.17) is 0 Å². The Morgan fingerprint density at radius 2 is 1.45 bits per heavy atom. The van der Waals surface area contributed by atoms with Crippen molar-refractivity contribution in [3.8, 4) is 0 Å². The van der Waals surface area contributed by atoms with Crippen LogP contribution >= 0.6 is 0 Å². The maximum atomic E-state index is 2.53. The lowest BCUT2D eigenvalue weighted by Crippen LogP contribution is -2.19. The third-order valence-electron chi connectivity index (χ3n) is 6.25. The lowest BCUT2D eigenvalue weighted by molar-refractivity contribution is 0.491. The smallest absolute Gasteiger partial charge is 0.0117 e. The molecule has 0 spiro atoms. The van der Waals surface area contributed by atoms with Gasteiger partial charge in [-0.2, -0.15) is 0 Å². The molecule has 0 radical (unpaired) electrons. The largest absolute Gasteiger partial charge is 0.0630 e. The van der Waals surface area contributed by atoms with Crippen molar-refractivity contribution < 1.29 is 0 Å². The predicted octanol–water partition coefficient (Wildman–Crippen LogP) is 6.29. The predicted molar refractivity (Wildman–Crippen MR) is 94.6 cm³/mol. The molecule has 0 N–H and O–H groups in total. The van der Waals surface area contributed by atoms with Gasteiger partial charge in [0.2, 0.25) is 0 Å². The van der Waals surface area contributed by atoms with Crippen LogP contribution in [-0.4, -0.2) is 0 Å². The van der Waals surface area contributed by atoms with Crippen molar-refractivity contribution in [1.29, 1.82) is 0 Å². The van der Waals surface area contributed by atoms with Gasteiger partial charge in [-0.05, 0) is 64.5 Å². The normalized spacial score (nSPS) is 25.5. The second-order valence-electron chi connectivity index (χ2n) is 8.64. The van der Waals surface area contributed by atoms with E-state index >= 15 is 0 Å². The molecule has 0 saturated heterocycles. The van der Waals surface area contributed by atoms with E-state index in [1.807, 2.05) is 0 Å². The number of fused-ring (bicyclic) bond motifs is 2. The van der Waals surface area contributed by atoms with Crippen LogP contribution in [0.5, 0.6) is 0 Å². The van der Waals surface area contributed by atoms with Gasteiger partial charge < -0.3 is 0 Å². The Kier molecular flexibility index (Phi) is 2.84. The van der Waals surface area contributed by atoms with Gasteiger partial charge in [-0.25, -0.2) is 0 Å². The van der Waals surface area contributed by atoms with Crippen LogP contribution in [-0.2, 0) is 0 Å². The maximum absolute atomic E-state index is 2.53. The molecule has 22 heavy (non-hydrogen) atoms. The third-order valence-corrected chi connectivity index (χ3v) is 6.25. The number of hydrogen-bond donors (Lipinski definition) is 0. The molecule has 0 aromatic heterocycles. The Hall–Kier alpha value is -1.30. The molecule has 0 heteroatoms. The molecule has 0 aliphatic heterocycles. The molecule has 0 unspecified atom stereocenters. The summed E-state index contributed by atoms with van der Waals surface area (Å²) in [5.41, 5.74) is 13.5. The molecule has 0 fully saturated rings. The average molecular weight is 292 g/mol.